The van der Waals surface area contributed by atoms with E-state index in [-0.39, 0.29) is 5.75 Å². The zero-order valence-corrected chi connectivity index (χ0v) is 12.2. The van der Waals surface area contributed by atoms with Crippen molar-refractivity contribution in [2.75, 3.05) is 11.5 Å². The smallest absolute Gasteiger partial charge is 0.421 e. The fourth-order valence-electron chi connectivity index (χ4n) is 0.968. The van der Waals surface area contributed by atoms with E-state index in [0.717, 1.165) is 16.3 Å². The fraction of sp³-hybridized carbons (Fsp3) is 0.800. The predicted octanol–water partition coefficient (Wildman–Crippen LogP) is 2.27. The molecule has 0 radical (unpaired) electrons. The first kappa shape index (κ1) is 16.4. The Balaban J connectivity index is 4.82. The molecule has 0 aromatic rings. The standard InChI is InChI=1S/C10H19NO4S2/c1-5-17-11(7(6-16)8(12)13)9(14)15-10(2,3)4/h7,16H,5-6H2,1-4H3,(H,12,13)/t7-/m1/s1. The van der Waals surface area contributed by atoms with E-state index in [9.17, 15) is 9.59 Å². The summed E-state index contributed by atoms with van der Waals surface area (Å²) >= 11 is 5.06. The molecular formula is C10H19NO4S2. The van der Waals surface area contributed by atoms with Gasteiger partial charge in [-0.2, -0.15) is 12.6 Å². The van der Waals surface area contributed by atoms with Crippen LogP contribution in [0.3, 0.4) is 0 Å². The lowest BCUT2D eigenvalue weighted by molar-refractivity contribution is -0.140. The predicted molar refractivity (Wildman–Crippen MR) is 71.5 cm³/mol. The van der Waals surface area contributed by atoms with Gasteiger partial charge in [-0.15, -0.1) is 0 Å². The molecule has 0 unspecified atom stereocenters. The van der Waals surface area contributed by atoms with E-state index in [0.29, 0.717) is 5.75 Å². The van der Waals surface area contributed by atoms with Gasteiger partial charge in [-0.1, -0.05) is 6.92 Å². The second-order valence-corrected chi connectivity index (χ2v) is 5.85. The summed E-state index contributed by atoms with van der Waals surface area (Å²) < 4.78 is 6.28. The molecule has 0 saturated heterocycles. The summed E-state index contributed by atoms with van der Waals surface area (Å²) in [6, 6.07) is -0.988. The number of rotatable bonds is 5. The minimum atomic E-state index is -1.09. The highest BCUT2D eigenvalue weighted by Crippen LogP contribution is 2.20. The zero-order chi connectivity index (χ0) is 13.6. The molecule has 1 atom stereocenters. The second-order valence-electron chi connectivity index (χ2n) is 4.26. The first-order valence-electron chi connectivity index (χ1n) is 5.21. The van der Waals surface area contributed by atoms with Crippen molar-refractivity contribution >= 4 is 36.6 Å². The number of aliphatic carboxylic acids is 1. The van der Waals surface area contributed by atoms with Crippen molar-refractivity contribution in [3.05, 3.63) is 0 Å². The molecule has 100 valence electrons. The molecule has 0 aromatic carbocycles. The van der Waals surface area contributed by atoms with E-state index in [1.807, 2.05) is 6.92 Å². The van der Waals surface area contributed by atoms with Crippen LogP contribution in [-0.2, 0) is 9.53 Å². The number of hydrogen-bond donors (Lipinski definition) is 2. The van der Waals surface area contributed by atoms with E-state index in [4.69, 9.17) is 9.84 Å². The topological polar surface area (TPSA) is 66.8 Å². The second kappa shape index (κ2) is 7.00. The third-order valence-electron chi connectivity index (χ3n) is 1.58. The molecule has 0 bridgehead atoms. The molecule has 0 spiro atoms. The molecule has 1 N–H and O–H groups in total. The Bertz CT molecular complexity index is 278. The van der Waals surface area contributed by atoms with Gasteiger partial charge in [0.2, 0.25) is 0 Å². The molecule has 17 heavy (non-hydrogen) atoms. The molecule has 0 fully saturated rings. The minimum absolute atomic E-state index is 0.0432. The molecule has 0 aliphatic rings. The van der Waals surface area contributed by atoms with Crippen LogP contribution in [-0.4, -0.2) is 44.6 Å². The average Bonchev–Trinajstić information content (AvgIpc) is 2.14. The highest BCUT2D eigenvalue weighted by atomic mass is 32.2. The molecule has 0 aromatic heterocycles. The van der Waals surface area contributed by atoms with Crippen LogP contribution in [0.4, 0.5) is 4.79 Å². The van der Waals surface area contributed by atoms with E-state index < -0.39 is 23.7 Å². The first-order chi connectivity index (χ1) is 7.72. The number of carboxylic acid groups (broad SMARTS) is 1. The normalized spacial score (nSPS) is 13.0. The van der Waals surface area contributed by atoms with Crippen LogP contribution < -0.4 is 0 Å². The maximum atomic E-state index is 11.8. The maximum absolute atomic E-state index is 11.8. The van der Waals surface area contributed by atoms with Crippen molar-refractivity contribution in [3.8, 4) is 0 Å². The van der Waals surface area contributed by atoms with Gasteiger partial charge in [-0.3, -0.25) is 0 Å². The molecule has 0 heterocycles. The molecule has 1 amide bonds. The molecule has 0 aliphatic carbocycles. The SMILES string of the molecule is CCSN(C(=O)OC(C)(C)C)[C@H](CS)C(=O)O. The molecule has 0 aliphatic heterocycles. The summed E-state index contributed by atoms with van der Waals surface area (Å²) in [5, 5.41) is 9.01. The Morgan fingerprint density at radius 2 is 2.00 bits per heavy atom. The monoisotopic (exact) mass is 281 g/mol. The summed E-state index contributed by atoms with van der Waals surface area (Å²) in [6.45, 7) is 7.03. The van der Waals surface area contributed by atoms with Crippen molar-refractivity contribution < 1.29 is 19.4 Å². The van der Waals surface area contributed by atoms with Crippen LogP contribution in [0.5, 0.6) is 0 Å². The Hall–Kier alpha value is -0.560. The molecule has 5 nitrogen and oxygen atoms in total. The number of thiol groups is 1. The maximum Gasteiger partial charge on any atom is 0.421 e. The van der Waals surface area contributed by atoms with Crippen molar-refractivity contribution in [2.45, 2.75) is 39.3 Å². The highest BCUT2D eigenvalue weighted by molar-refractivity contribution is 7.97. The van der Waals surface area contributed by atoms with Crippen LogP contribution in [0.1, 0.15) is 27.7 Å². The number of hydrogen-bond acceptors (Lipinski definition) is 5. The summed E-state index contributed by atoms with van der Waals surface area (Å²) in [4.78, 5) is 22.8. The van der Waals surface area contributed by atoms with Gasteiger partial charge >= 0.3 is 12.1 Å². The fourth-order valence-corrected chi connectivity index (χ4v) is 2.16. The van der Waals surface area contributed by atoms with Crippen LogP contribution in [0, 0.1) is 0 Å². The zero-order valence-electron chi connectivity index (χ0n) is 10.5. The van der Waals surface area contributed by atoms with Gasteiger partial charge in [0.25, 0.3) is 0 Å². The van der Waals surface area contributed by atoms with Crippen LogP contribution in [0.25, 0.3) is 0 Å². The summed E-state index contributed by atoms with van der Waals surface area (Å²) in [5.74, 6) is -0.468. The Morgan fingerprint density at radius 3 is 2.29 bits per heavy atom. The van der Waals surface area contributed by atoms with E-state index in [2.05, 4.69) is 12.6 Å². The summed E-state index contributed by atoms with van der Waals surface area (Å²) in [7, 11) is 0. The van der Waals surface area contributed by atoms with Crippen LogP contribution in [0.2, 0.25) is 0 Å². The number of carbonyl (C=O) groups is 2. The highest BCUT2D eigenvalue weighted by Gasteiger charge is 2.32. The van der Waals surface area contributed by atoms with Gasteiger partial charge in [-0.05, 0) is 32.7 Å². The van der Waals surface area contributed by atoms with Crippen LogP contribution in [0.15, 0.2) is 0 Å². The molecular weight excluding hydrogens is 262 g/mol. The number of carboxylic acids is 1. The molecule has 7 heteroatoms. The quantitative estimate of drug-likeness (QED) is 0.598. The van der Waals surface area contributed by atoms with E-state index >= 15 is 0 Å². The molecule has 0 saturated carbocycles. The largest absolute Gasteiger partial charge is 0.480 e. The summed E-state index contributed by atoms with van der Waals surface area (Å²) in [6.07, 6.45) is -0.647. The lowest BCUT2D eigenvalue weighted by Crippen LogP contribution is -2.44. The van der Waals surface area contributed by atoms with Crippen molar-refractivity contribution in [2.24, 2.45) is 0 Å². The Morgan fingerprint density at radius 1 is 1.47 bits per heavy atom. The van der Waals surface area contributed by atoms with Gasteiger partial charge in [-0.25, -0.2) is 13.9 Å². The van der Waals surface area contributed by atoms with E-state index in [1.54, 1.807) is 20.8 Å². The van der Waals surface area contributed by atoms with E-state index in [1.165, 1.54) is 0 Å². The first-order valence-corrected chi connectivity index (χ1v) is 6.79. The van der Waals surface area contributed by atoms with Crippen molar-refractivity contribution in [1.82, 2.24) is 4.31 Å². The van der Waals surface area contributed by atoms with Crippen molar-refractivity contribution in [3.63, 3.8) is 0 Å². The van der Waals surface area contributed by atoms with Gasteiger partial charge in [0, 0.05) is 11.5 Å². The van der Waals surface area contributed by atoms with Gasteiger partial charge in [0.1, 0.15) is 5.60 Å². The number of nitrogens with zero attached hydrogens (tertiary/aromatic N) is 1. The van der Waals surface area contributed by atoms with Crippen molar-refractivity contribution in [1.29, 1.82) is 0 Å². The lowest BCUT2D eigenvalue weighted by atomic mass is 10.2. The minimum Gasteiger partial charge on any atom is -0.480 e. The van der Waals surface area contributed by atoms with Gasteiger partial charge < -0.3 is 9.84 Å². The third-order valence-corrected chi connectivity index (χ3v) is 2.87. The number of amides is 1. The number of carbonyl (C=O) groups excluding carboxylic acids is 1. The Labute approximate surface area is 111 Å². The third kappa shape index (κ3) is 6.07. The van der Waals surface area contributed by atoms with Gasteiger partial charge in [0.15, 0.2) is 6.04 Å². The number of ether oxygens (including phenoxy) is 1. The lowest BCUT2D eigenvalue weighted by Gasteiger charge is -2.29. The van der Waals surface area contributed by atoms with Gasteiger partial charge in [0.05, 0.1) is 0 Å². The molecule has 0 rings (SSSR count). The Kier molecular flexibility index (Phi) is 6.77. The average molecular weight is 281 g/mol. The van der Waals surface area contributed by atoms with Crippen LogP contribution >= 0.6 is 24.6 Å². The summed E-state index contributed by atoms with van der Waals surface area (Å²) in [5.41, 5.74) is -0.650.